The molecule has 1 atom stereocenters. The highest BCUT2D eigenvalue weighted by molar-refractivity contribution is 8.00. The number of hydrogen-bond acceptors (Lipinski definition) is 6. The molecule has 0 aromatic heterocycles. The predicted octanol–water partition coefficient (Wildman–Crippen LogP) is 4.98. The minimum atomic E-state index is -0.304. The van der Waals surface area contributed by atoms with Crippen molar-refractivity contribution < 1.29 is 19.5 Å². The van der Waals surface area contributed by atoms with Crippen molar-refractivity contribution in [1.82, 2.24) is 5.06 Å². The van der Waals surface area contributed by atoms with Crippen LogP contribution in [0.1, 0.15) is 31.7 Å². The Balaban J connectivity index is 1.92. The number of carbonyl (C=O) groups excluding carboxylic acids is 1. The van der Waals surface area contributed by atoms with Crippen LogP contribution in [-0.4, -0.2) is 42.5 Å². The summed E-state index contributed by atoms with van der Waals surface area (Å²) in [6, 6.07) is 11.1. The van der Waals surface area contributed by atoms with Crippen molar-refractivity contribution in [3.8, 4) is 11.5 Å². The number of hydroxylamine groups is 2. The molecular weight excluding hydrogens is 412 g/mol. The average molecular weight is 437 g/mol. The Hall–Kier alpha value is -1.93. The molecule has 1 N–H and O–H groups in total. The van der Waals surface area contributed by atoms with Crippen LogP contribution < -0.4 is 14.4 Å². The number of rotatable bonds is 7. The van der Waals surface area contributed by atoms with E-state index in [-0.39, 0.29) is 17.3 Å². The van der Waals surface area contributed by atoms with E-state index >= 15 is 0 Å². The fraction of sp³-hybridized carbons (Fsp3) is 0.381. The van der Waals surface area contributed by atoms with Crippen LogP contribution in [0.4, 0.5) is 5.69 Å². The highest BCUT2D eigenvalue weighted by Gasteiger charge is 2.36. The average Bonchev–Trinajstić information content (AvgIpc) is 3.06. The Morgan fingerprint density at radius 3 is 2.72 bits per heavy atom. The molecule has 0 spiro atoms. The molecule has 1 amide bonds. The van der Waals surface area contributed by atoms with Crippen LogP contribution in [0.5, 0.6) is 11.5 Å². The molecule has 8 heteroatoms. The molecular formula is C21H25ClN2O4S. The summed E-state index contributed by atoms with van der Waals surface area (Å²) in [5.41, 5.74) is 1.65. The van der Waals surface area contributed by atoms with Gasteiger partial charge in [-0.3, -0.25) is 9.69 Å². The van der Waals surface area contributed by atoms with E-state index in [1.54, 1.807) is 36.8 Å². The molecule has 0 radical (unpaired) electrons. The van der Waals surface area contributed by atoms with E-state index in [1.807, 2.05) is 44.2 Å². The lowest BCUT2D eigenvalue weighted by molar-refractivity contribution is -0.121. The molecule has 1 unspecified atom stereocenters. The van der Waals surface area contributed by atoms with Gasteiger partial charge in [0.15, 0.2) is 0 Å². The number of ether oxygens (including phenoxy) is 2. The Bertz CT molecular complexity index is 893. The third kappa shape index (κ3) is 4.80. The molecule has 0 aliphatic carbocycles. The largest absolute Gasteiger partial charge is 0.497 e. The van der Waals surface area contributed by atoms with Crippen molar-refractivity contribution >= 4 is 35.0 Å². The number of fused-ring (bicyclic) bond motifs is 1. The van der Waals surface area contributed by atoms with Crippen LogP contribution in [0, 0.1) is 0 Å². The Kier molecular flexibility index (Phi) is 6.95. The summed E-state index contributed by atoms with van der Waals surface area (Å²) in [5.74, 6) is 1.25. The molecule has 2 aromatic carbocycles. The molecule has 0 saturated carbocycles. The van der Waals surface area contributed by atoms with E-state index in [4.69, 9.17) is 21.1 Å². The summed E-state index contributed by atoms with van der Waals surface area (Å²) in [6.07, 6.45) is 0. The normalized spacial score (nSPS) is 15.7. The highest BCUT2D eigenvalue weighted by Crippen LogP contribution is 2.54. The summed E-state index contributed by atoms with van der Waals surface area (Å²) in [6.45, 7) is 6.03. The Labute approximate surface area is 180 Å². The molecule has 0 saturated heterocycles. The Morgan fingerprint density at radius 1 is 1.31 bits per heavy atom. The molecule has 1 aliphatic heterocycles. The van der Waals surface area contributed by atoms with Gasteiger partial charge in [0, 0.05) is 28.4 Å². The van der Waals surface area contributed by atoms with E-state index in [1.165, 1.54) is 5.06 Å². The van der Waals surface area contributed by atoms with Gasteiger partial charge in [-0.1, -0.05) is 23.4 Å². The summed E-state index contributed by atoms with van der Waals surface area (Å²) >= 11 is 7.70. The fourth-order valence-corrected chi connectivity index (χ4v) is 4.74. The number of thioether (sulfide) groups is 1. The topological polar surface area (TPSA) is 62.2 Å². The summed E-state index contributed by atoms with van der Waals surface area (Å²) in [5, 5.41) is 11.4. The van der Waals surface area contributed by atoms with Gasteiger partial charge in [-0.25, -0.2) is 0 Å². The quantitative estimate of drug-likeness (QED) is 0.617. The second kappa shape index (κ2) is 9.26. The standard InChI is InChI=1S/C21H25ClN2O4S/c1-13(2)23(26)9-10-28-19-8-6-16(27-4)12-17(19)21-24(14(3)25)18-7-5-15(22)11-20(18)29-21/h5-8,11-13,21,26H,9-10H2,1-4H3. The summed E-state index contributed by atoms with van der Waals surface area (Å²) in [7, 11) is 1.60. The first-order valence-corrected chi connectivity index (χ1v) is 10.6. The number of anilines is 1. The summed E-state index contributed by atoms with van der Waals surface area (Å²) < 4.78 is 11.4. The number of halogens is 1. The van der Waals surface area contributed by atoms with E-state index in [0.29, 0.717) is 29.7 Å². The van der Waals surface area contributed by atoms with E-state index < -0.39 is 0 Å². The third-order valence-electron chi connectivity index (χ3n) is 4.65. The molecule has 29 heavy (non-hydrogen) atoms. The number of carbonyl (C=O) groups is 1. The van der Waals surface area contributed by atoms with Crippen LogP contribution in [0.3, 0.4) is 0 Å². The van der Waals surface area contributed by atoms with E-state index in [0.717, 1.165) is 16.1 Å². The van der Waals surface area contributed by atoms with Crippen LogP contribution in [-0.2, 0) is 4.79 Å². The summed E-state index contributed by atoms with van der Waals surface area (Å²) in [4.78, 5) is 15.2. The lowest BCUT2D eigenvalue weighted by Gasteiger charge is -2.26. The van der Waals surface area contributed by atoms with Gasteiger partial charge in [-0.05, 0) is 50.2 Å². The lowest BCUT2D eigenvalue weighted by atomic mass is 10.1. The first kappa shape index (κ1) is 21.8. The van der Waals surface area contributed by atoms with Crippen molar-refractivity contribution in [3.63, 3.8) is 0 Å². The molecule has 0 fully saturated rings. The number of benzene rings is 2. The second-order valence-electron chi connectivity index (χ2n) is 6.98. The molecule has 1 heterocycles. The third-order valence-corrected chi connectivity index (χ3v) is 6.15. The van der Waals surface area contributed by atoms with Gasteiger partial charge in [-0.15, -0.1) is 0 Å². The molecule has 6 nitrogen and oxygen atoms in total. The first-order chi connectivity index (χ1) is 13.8. The highest BCUT2D eigenvalue weighted by atomic mass is 35.5. The SMILES string of the molecule is COc1ccc(OCCN(O)C(C)C)c(C2Sc3cc(Cl)ccc3N2C(C)=O)c1. The molecule has 1 aliphatic rings. The number of hydrogen-bond donors (Lipinski definition) is 1. The monoisotopic (exact) mass is 436 g/mol. The van der Waals surface area contributed by atoms with Crippen molar-refractivity contribution in [1.29, 1.82) is 0 Å². The maximum Gasteiger partial charge on any atom is 0.225 e. The molecule has 2 aromatic rings. The first-order valence-electron chi connectivity index (χ1n) is 9.34. The van der Waals surface area contributed by atoms with Gasteiger partial charge in [-0.2, -0.15) is 5.06 Å². The van der Waals surface area contributed by atoms with Crippen molar-refractivity contribution in [2.45, 2.75) is 37.1 Å². The zero-order chi connectivity index (χ0) is 21.1. The predicted molar refractivity (Wildman–Crippen MR) is 115 cm³/mol. The van der Waals surface area contributed by atoms with Crippen LogP contribution in [0.15, 0.2) is 41.3 Å². The van der Waals surface area contributed by atoms with E-state index in [2.05, 4.69) is 0 Å². The van der Waals surface area contributed by atoms with Crippen LogP contribution >= 0.6 is 23.4 Å². The smallest absolute Gasteiger partial charge is 0.225 e. The van der Waals surface area contributed by atoms with Crippen LogP contribution in [0.25, 0.3) is 0 Å². The molecule has 0 bridgehead atoms. The number of amides is 1. The lowest BCUT2D eigenvalue weighted by Crippen LogP contribution is -2.31. The maximum absolute atomic E-state index is 12.5. The van der Waals surface area contributed by atoms with Crippen molar-refractivity contribution in [2.75, 3.05) is 25.2 Å². The van der Waals surface area contributed by atoms with Crippen molar-refractivity contribution in [2.24, 2.45) is 0 Å². The van der Waals surface area contributed by atoms with Gasteiger partial charge in [0.05, 0.1) is 19.3 Å². The van der Waals surface area contributed by atoms with Gasteiger partial charge in [0.1, 0.15) is 23.5 Å². The fourth-order valence-electron chi connectivity index (χ4n) is 3.10. The molecule has 3 rings (SSSR count). The number of methoxy groups -OCH3 is 1. The van der Waals surface area contributed by atoms with Gasteiger partial charge >= 0.3 is 0 Å². The molecule has 156 valence electrons. The van der Waals surface area contributed by atoms with Gasteiger partial charge < -0.3 is 14.7 Å². The van der Waals surface area contributed by atoms with Gasteiger partial charge in [0.25, 0.3) is 0 Å². The number of nitrogens with zero attached hydrogens (tertiary/aromatic N) is 2. The van der Waals surface area contributed by atoms with Crippen LogP contribution in [0.2, 0.25) is 5.02 Å². The van der Waals surface area contributed by atoms with Crippen molar-refractivity contribution in [3.05, 3.63) is 47.0 Å². The minimum Gasteiger partial charge on any atom is -0.497 e. The maximum atomic E-state index is 12.5. The minimum absolute atomic E-state index is 0.00628. The van der Waals surface area contributed by atoms with E-state index in [9.17, 15) is 10.0 Å². The zero-order valence-electron chi connectivity index (χ0n) is 16.9. The second-order valence-corrected chi connectivity index (χ2v) is 8.54. The zero-order valence-corrected chi connectivity index (χ0v) is 18.5. The van der Waals surface area contributed by atoms with Gasteiger partial charge in [0.2, 0.25) is 5.91 Å². The Morgan fingerprint density at radius 2 is 2.07 bits per heavy atom.